The summed E-state index contributed by atoms with van der Waals surface area (Å²) in [6, 6.07) is 8.24. The van der Waals surface area contributed by atoms with Crippen molar-refractivity contribution in [3.8, 4) is 5.75 Å². The molecule has 2 aromatic rings. The Kier molecular flexibility index (Phi) is 7.06. The van der Waals surface area contributed by atoms with E-state index >= 15 is 0 Å². The van der Waals surface area contributed by atoms with Gasteiger partial charge < -0.3 is 15.0 Å². The van der Waals surface area contributed by atoms with Crippen LogP contribution in [0.4, 0.5) is 0 Å². The topological polar surface area (TPSA) is 49.8 Å². The standard InChI is InChI=1S/C18H26N4OS/c1-14-21-16(13-24-14)12-22(3)18(19-2)20-11-5-6-15-7-9-17(23-4)10-8-15/h7-10,13H,5-6,11-12H2,1-4H3,(H,19,20). The van der Waals surface area contributed by atoms with Gasteiger partial charge in [-0.1, -0.05) is 12.1 Å². The third-order valence-electron chi connectivity index (χ3n) is 3.72. The summed E-state index contributed by atoms with van der Waals surface area (Å²) in [5.74, 6) is 1.80. The van der Waals surface area contributed by atoms with E-state index in [0.717, 1.165) is 48.3 Å². The molecule has 0 fully saturated rings. The van der Waals surface area contributed by atoms with Crippen molar-refractivity contribution in [2.24, 2.45) is 4.99 Å². The summed E-state index contributed by atoms with van der Waals surface area (Å²) in [6.07, 6.45) is 2.08. The summed E-state index contributed by atoms with van der Waals surface area (Å²) < 4.78 is 5.18. The Bertz CT molecular complexity index is 651. The molecule has 0 radical (unpaired) electrons. The van der Waals surface area contributed by atoms with Gasteiger partial charge >= 0.3 is 0 Å². The molecular weight excluding hydrogens is 320 g/mol. The number of hydrogen-bond acceptors (Lipinski definition) is 4. The predicted octanol–water partition coefficient (Wildman–Crippen LogP) is 3.10. The Morgan fingerprint density at radius 1 is 1.33 bits per heavy atom. The summed E-state index contributed by atoms with van der Waals surface area (Å²) in [5.41, 5.74) is 2.40. The number of guanidine groups is 1. The number of thiazole rings is 1. The number of benzene rings is 1. The van der Waals surface area contributed by atoms with Gasteiger partial charge in [0.1, 0.15) is 5.75 Å². The van der Waals surface area contributed by atoms with Crippen molar-refractivity contribution in [2.75, 3.05) is 27.7 Å². The molecule has 1 N–H and O–H groups in total. The van der Waals surface area contributed by atoms with Crippen LogP contribution in [0, 0.1) is 6.92 Å². The van der Waals surface area contributed by atoms with E-state index in [4.69, 9.17) is 4.74 Å². The van der Waals surface area contributed by atoms with Crippen molar-refractivity contribution in [1.29, 1.82) is 0 Å². The van der Waals surface area contributed by atoms with E-state index in [0.29, 0.717) is 0 Å². The fourth-order valence-electron chi connectivity index (χ4n) is 2.47. The summed E-state index contributed by atoms with van der Waals surface area (Å²) in [6.45, 7) is 3.68. The molecule has 0 aliphatic rings. The second-order valence-electron chi connectivity index (χ2n) is 5.64. The van der Waals surface area contributed by atoms with Crippen molar-refractivity contribution in [2.45, 2.75) is 26.3 Å². The molecule has 0 unspecified atom stereocenters. The first-order valence-electron chi connectivity index (χ1n) is 8.08. The summed E-state index contributed by atoms with van der Waals surface area (Å²) in [4.78, 5) is 10.9. The van der Waals surface area contributed by atoms with E-state index in [1.54, 1.807) is 18.4 Å². The number of hydrogen-bond donors (Lipinski definition) is 1. The first-order chi connectivity index (χ1) is 11.6. The number of aryl methyl sites for hydroxylation is 2. The summed E-state index contributed by atoms with van der Waals surface area (Å²) in [5, 5.41) is 6.61. The number of ether oxygens (including phenoxy) is 1. The Morgan fingerprint density at radius 2 is 2.08 bits per heavy atom. The van der Waals surface area contributed by atoms with Crippen molar-refractivity contribution in [3.63, 3.8) is 0 Å². The number of aromatic nitrogens is 1. The fraction of sp³-hybridized carbons (Fsp3) is 0.444. The molecule has 2 rings (SSSR count). The molecule has 6 heteroatoms. The van der Waals surface area contributed by atoms with E-state index in [1.165, 1.54) is 5.56 Å². The quantitative estimate of drug-likeness (QED) is 0.475. The van der Waals surface area contributed by atoms with Crippen molar-refractivity contribution >= 4 is 17.3 Å². The molecule has 0 spiro atoms. The number of nitrogens with zero attached hydrogens (tertiary/aromatic N) is 3. The van der Waals surface area contributed by atoms with E-state index in [1.807, 2.05) is 33.2 Å². The average molecular weight is 347 g/mol. The lowest BCUT2D eigenvalue weighted by atomic mass is 10.1. The number of rotatable bonds is 7. The van der Waals surface area contributed by atoms with E-state index in [2.05, 4.69) is 37.7 Å². The average Bonchev–Trinajstić information content (AvgIpc) is 3.00. The van der Waals surface area contributed by atoms with E-state index < -0.39 is 0 Å². The van der Waals surface area contributed by atoms with Crippen LogP contribution >= 0.6 is 11.3 Å². The van der Waals surface area contributed by atoms with Gasteiger partial charge in [0, 0.05) is 26.0 Å². The zero-order valence-corrected chi connectivity index (χ0v) is 15.7. The molecule has 130 valence electrons. The largest absolute Gasteiger partial charge is 0.497 e. The molecule has 1 aromatic carbocycles. The van der Waals surface area contributed by atoms with E-state index in [9.17, 15) is 0 Å². The number of nitrogens with one attached hydrogen (secondary N) is 1. The minimum Gasteiger partial charge on any atom is -0.497 e. The maximum absolute atomic E-state index is 5.18. The van der Waals surface area contributed by atoms with Gasteiger partial charge in [-0.05, 0) is 37.5 Å². The van der Waals surface area contributed by atoms with Crippen LogP contribution in [-0.4, -0.2) is 43.6 Å². The molecular formula is C18H26N4OS. The van der Waals surface area contributed by atoms with Crippen molar-refractivity contribution < 1.29 is 4.74 Å². The molecule has 0 amide bonds. The van der Waals surface area contributed by atoms with Gasteiger partial charge in [-0.15, -0.1) is 11.3 Å². The monoisotopic (exact) mass is 346 g/mol. The molecule has 1 heterocycles. The maximum atomic E-state index is 5.18. The molecule has 0 aliphatic heterocycles. The zero-order chi connectivity index (χ0) is 17.4. The fourth-order valence-corrected chi connectivity index (χ4v) is 3.07. The second-order valence-corrected chi connectivity index (χ2v) is 6.70. The van der Waals surface area contributed by atoms with Gasteiger partial charge in [0.25, 0.3) is 0 Å². The predicted molar refractivity (Wildman–Crippen MR) is 101 cm³/mol. The summed E-state index contributed by atoms with van der Waals surface area (Å²) in [7, 11) is 5.54. The minimum absolute atomic E-state index is 0.766. The number of aliphatic imine (C=N–C) groups is 1. The molecule has 1 aromatic heterocycles. The van der Waals surface area contributed by atoms with Crippen molar-refractivity contribution in [3.05, 3.63) is 45.9 Å². The van der Waals surface area contributed by atoms with Crippen LogP contribution in [0.1, 0.15) is 22.7 Å². The van der Waals surface area contributed by atoms with Crippen LogP contribution in [0.15, 0.2) is 34.6 Å². The summed E-state index contributed by atoms with van der Waals surface area (Å²) >= 11 is 1.68. The zero-order valence-electron chi connectivity index (χ0n) is 14.9. The van der Waals surface area contributed by atoms with Crippen molar-refractivity contribution in [1.82, 2.24) is 15.2 Å². The van der Waals surface area contributed by atoms with Crippen LogP contribution in [0.25, 0.3) is 0 Å². The molecule has 0 saturated carbocycles. The number of methoxy groups -OCH3 is 1. The Morgan fingerprint density at radius 3 is 2.67 bits per heavy atom. The minimum atomic E-state index is 0.766. The van der Waals surface area contributed by atoms with Crippen LogP contribution in [-0.2, 0) is 13.0 Å². The lowest BCUT2D eigenvalue weighted by Crippen LogP contribution is -2.39. The SMILES string of the molecule is CN=C(NCCCc1ccc(OC)cc1)N(C)Cc1csc(C)n1. The maximum Gasteiger partial charge on any atom is 0.193 e. The van der Waals surface area contributed by atoms with Gasteiger partial charge in [0.2, 0.25) is 0 Å². The molecule has 0 bridgehead atoms. The van der Waals surface area contributed by atoms with Crippen LogP contribution in [0.5, 0.6) is 5.75 Å². The van der Waals surface area contributed by atoms with Crippen LogP contribution in [0.3, 0.4) is 0 Å². The third kappa shape index (κ3) is 5.53. The normalized spacial score (nSPS) is 11.4. The van der Waals surface area contributed by atoms with Gasteiger partial charge in [0.05, 0.1) is 24.4 Å². The first kappa shape index (κ1) is 18.3. The highest BCUT2D eigenvalue weighted by Crippen LogP contribution is 2.12. The van der Waals surface area contributed by atoms with Gasteiger partial charge in [-0.25, -0.2) is 4.98 Å². The molecule has 0 saturated heterocycles. The first-order valence-corrected chi connectivity index (χ1v) is 8.96. The Labute approximate surface area is 148 Å². The molecule has 0 aliphatic carbocycles. The van der Waals surface area contributed by atoms with Crippen LogP contribution < -0.4 is 10.1 Å². The Hall–Kier alpha value is -2.08. The lowest BCUT2D eigenvalue weighted by molar-refractivity contribution is 0.414. The Balaban J connectivity index is 1.74. The highest BCUT2D eigenvalue weighted by atomic mass is 32.1. The molecule has 5 nitrogen and oxygen atoms in total. The van der Waals surface area contributed by atoms with Gasteiger partial charge in [0.15, 0.2) is 5.96 Å². The highest BCUT2D eigenvalue weighted by molar-refractivity contribution is 7.09. The van der Waals surface area contributed by atoms with Crippen LogP contribution in [0.2, 0.25) is 0 Å². The second kappa shape index (κ2) is 9.27. The molecule has 0 atom stereocenters. The third-order valence-corrected chi connectivity index (χ3v) is 4.55. The molecule has 24 heavy (non-hydrogen) atoms. The highest BCUT2D eigenvalue weighted by Gasteiger charge is 2.08. The lowest BCUT2D eigenvalue weighted by Gasteiger charge is -2.21. The van der Waals surface area contributed by atoms with E-state index in [-0.39, 0.29) is 0 Å². The van der Waals surface area contributed by atoms with Gasteiger partial charge in [-0.3, -0.25) is 4.99 Å². The smallest absolute Gasteiger partial charge is 0.193 e. The van der Waals surface area contributed by atoms with Gasteiger partial charge in [-0.2, -0.15) is 0 Å².